The molecule has 3 heterocycles. The Morgan fingerprint density at radius 1 is 1.03 bits per heavy atom. The second-order valence-corrected chi connectivity index (χ2v) is 10.0. The topological polar surface area (TPSA) is 75.1 Å². The van der Waals surface area contributed by atoms with Gasteiger partial charge in [0.1, 0.15) is 11.6 Å². The number of anilines is 1. The van der Waals surface area contributed by atoms with Gasteiger partial charge < -0.3 is 9.80 Å². The molecule has 2 bridgehead atoms. The van der Waals surface area contributed by atoms with Gasteiger partial charge in [0.25, 0.3) is 5.91 Å². The van der Waals surface area contributed by atoms with Gasteiger partial charge in [0.05, 0.1) is 35.6 Å². The van der Waals surface area contributed by atoms with Crippen LogP contribution in [0.3, 0.4) is 0 Å². The lowest BCUT2D eigenvalue weighted by Crippen LogP contribution is -2.53. The lowest BCUT2D eigenvalue weighted by molar-refractivity contribution is -0.141. The number of likely N-dealkylation sites (tertiary alicyclic amines) is 1. The molecule has 3 aromatic rings. The van der Waals surface area contributed by atoms with E-state index in [0.29, 0.717) is 24.8 Å². The molecule has 1 amide bonds. The van der Waals surface area contributed by atoms with Gasteiger partial charge >= 0.3 is 6.18 Å². The van der Waals surface area contributed by atoms with Gasteiger partial charge in [-0.05, 0) is 55.7 Å². The second kappa shape index (κ2) is 9.04. The minimum absolute atomic E-state index is 0.0656. The second-order valence-electron chi connectivity index (χ2n) is 10.0. The number of amides is 1. The minimum Gasteiger partial charge on any atom is -0.350 e. The summed E-state index contributed by atoms with van der Waals surface area (Å²) in [5.74, 6) is 0.331. The Kier molecular flexibility index (Phi) is 5.80. The molecule has 0 radical (unpaired) electrons. The number of rotatable bonds is 6. The highest BCUT2D eigenvalue weighted by atomic mass is 19.4. The van der Waals surface area contributed by atoms with E-state index in [1.54, 1.807) is 17.0 Å². The number of benzene rings is 1. The Morgan fingerprint density at radius 3 is 2.46 bits per heavy atom. The lowest BCUT2D eigenvalue weighted by atomic mass is 10.00. The molecule has 1 aromatic carbocycles. The molecule has 37 heavy (non-hydrogen) atoms. The zero-order chi connectivity index (χ0) is 25.7. The van der Waals surface area contributed by atoms with Crippen molar-refractivity contribution in [1.29, 1.82) is 0 Å². The first kappa shape index (κ1) is 23.7. The van der Waals surface area contributed by atoms with Crippen LogP contribution in [0.15, 0.2) is 49.1 Å². The molecule has 7 nitrogen and oxygen atoms in total. The van der Waals surface area contributed by atoms with Gasteiger partial charge in [-0.2, -0.15) is 13.2 Å². The first-order chi connectivity index (χ1) is 17.8. The summed E-state index contributed by atoms with van der Waals surface area (Å²) in [7, 11) is 0. The van der Waals surface area contributed by atoms with E-state index in [-0.39, 0.29) is 40.9 Å². The zero-order valence-electron chi connectivity index (χ0n) is 19.8. The largest absolute Gasteiger partial charge is 0.434 e. The average molecular weight is 513 g/mol. The van der Waals surface area contributed by atoms with E-state index in [9.17, 15) is 22.4 Å². The van der Waals surface area contributed by atoms with E-state index in [1.807, 2.05) is 4.90 Å². The van der Waals surface area contributed by atoms with Crippen molar-refractivity contribution in [2.24, 2.45) is 11.8 Å². The molecule has 1 aliphatic heterocycles. The predicted molar refractivity (Wildman–Crippen MR) is 126 cm³/mol. The third-order valence-corrected chi connectivity index (χ3v) is 7.52. The number of piperidine rings is 1. The summed E-state index contributed by atoms with van der Waals surface area (Å²) in [4.78, 5) is 33.7. The van der Waals surface area contributed by atoms with Crippen molar-refractivity contribution in [3.63, 3.8) is 0 Å². The molecule has 0 N–H and O–H groups in total. The normalized spacial score (nSPS) is 22.9. The van der Waals surface area contributed by atoms with Crippen LogP contribution in [0.25, 0.3) is 11.4 Å². The van der Waals surface area contributed by atoms with E-state index >= 15 is 0 Å². The SMILES string of the molecule is O=C(c1cccc(F)c1-c1ncccn1)N1C[C@@H]2C[C@@H](N(CC3CC3)c3cnc(C(F)(F)F)cn3)[C@@H]1C2. The summed E-state index contributed by atoms with van der Waals surface area (Å²) >= 11 is 0. The van der Waals surface area contributed by atoms with Crippen LogP contribution in [-0.2, 0) is 6.18 Å². The summed E-state index contributed by atoms with van der Waals surface area (Å²) in [5.41, 5.74) is -0.773. The van der Waals surface area contributed by atoms with Crippen LogP contribution in [0.5, 0.6) is 0 Å². The third-order valence-electron chi connectivity index (χ3n) is 7.52. The average Bonchev–Trinajstić information content (AvgIpc) is 3.49. The number of nitrogens with zero attached hydrogens (tertiary/aromatic N) is 6. The number of carbonyl (C=O) groups is 1. The van der Waals surface area contributed by atoms with Gasteiger partial charge in [0.2, 0.25) is 0 Å². The molecule has 11 heteroatoms. The first-order valence-corrected chi connectivity index (χ1v) is 12.3. The molecule has 192 valence electrons. The minimum atomic E-state index is -4.56. The number of alkyl halides is 3. The summed E-state index contributed by atoms with van der Waals surface area (Å²) < 4.78 is 54.1. The molecule has 6 rings (SSSR count). The van der Waals surface area contributed by atoms with Crippen molar-refractivity contribution in [2.45, 2.75) is 43.9 Å². The number of fused-ring (bicyclic) bond motifs is 2. The summed E-state index contributed by atoms with van der Waals surface area (Å²) in [6.07, 6.45) is 4.07. The predicted octanol–water partition coefficient (Wildman–Crippen LogP) is 4.61. The Hall–Kier alpha value is -3.63. The highest BCUT2D eigenvalue weighted by molar-refractivity contribution is 6.00. The maximum atomic E-state index is 14.9. The maximum Gasteiger partial charge on any atom is 0.434 e. The molecule has 1 saturated heterocycles. The summed E-state index contributed by atoms with van der Waals surface area (Å²) in [6.45, 7) is 1.20. The van der Waals surface area contributed by atoms with Gasteiger partial charge in [0, 0.05) is 25.5 Å². The molecule has 0 spiro atoms. The van der Waals surface area contributed by atoms with Crippen LogP contribution < -0.4 is 4.90 Å². The fourth-order valence-corrected chi connectivity index (χ4v) is 5.67. The fraction of sp³-hybridized carbons (Fsp3) is 0.423. The number of hydrogen-bond acceptors (Lipinski definition) is 6. The van der Waals surface area contributed by atoms with E-state index in [4.69, 9.17) is 0 Å². The summed E-state index contributed by atoms with van der Waals surface area (Å²) in [6, 6.07) is 5.70. The van der Waals surface area contributed by atoms with Gasteiger partial charge in [-0.15, -0.1) is 0 Å². The molecule has 3 fully saturated rings. The molecular formula is C26H24F4N6O. The van der Waals surface area contributed by atoms with Gasteiger partial charge in [-0.25, -0.2) is 24.3 Å². The van der Waals surface area contributed by atoms with Crippen LogP contribution in [-0.4, -0.2) is 55.9 Å². The standard InChI is InChI=1S/C26H24F4N6O/c27-18-4-1-3-17(23(18)24-31-7-2-8-32-24)25(37)36-14-16-9-19(20(36)10-16)35(13-15-5-6-15)22-12-33-21(11-34-22)26(28,29)30/h1-4,7-8,11-12,15-16,19-20H,5-6,9-10,13-14H2/t16-,19-,20+/m1/s1. The van der Waals surface area contributed by atoms with Crippen LogP contribution >= 0.6 is 0 Å². The van der Waals surface area contributed by atoms with Crippen molar-refractivity contribution in [1.82, 2.24) is 24.8 Å². The first-order valence-electron chi connectivity index (χ1n) is 12.3. The highest BCUT2D eigenvalue weighted by Gasteiger charge is 2.50. The molecule has 2 saturated carbocycles. The van der Waals surface area contributed by atoms with E-state index in [1.165, 1.54) is 30.7 Å². The monoisotopic (exact) mass is 512 g/mol. The van der Waals surface area contributed by atoms with Crippen LogP contribution in [0, 0.1) is 17.7 Å². The van der Waals surface area contributed by atoms with Crippen molar-refractivity contribution < 1.29 is 22.4 Å². The van der Waals surface area contributed by atoms with Crippen LogP contribution in [0.1, 0.15) is 41.7 Å². The van der Waals surface area contributed by atoms with E-state index in [2.05, 4.69) is 19.9 Å². The summed E-state index contributed by atoms with van der Waals surface area (Å²) in [5, 5.41) is 0. The quantitative estimate of drug-likeness (QED) is 0.449. The van der Waals surface area contributed by atoms with Crippen LogP contribution in [0.2, 0.25) is 0 Å². The van der Waals surface area contributed by atoms with E-state index in [0.717, 1.165) is 31.9 Å². The van der Waals surface area contributed by atoms with Crippen LogP contribution in [0.4, 0.5) is 23.4 Å². The number of hydrogen-bond donors (Lipinski definition) is 0. The fourth-order valence-electron chi connectivity index (χ4n) is 5.67. The molecule has 2 aromatic heterocycles. The molecule has 0 unspecified atom stereocenters. The smallest absolute Gasteiger partial charge is 0.350 e. The van der Waals surface area contributed by atoms with Gasteiger partial charge in [0.15, 0.2) is 11.5 Å². The van der Waals surface area contributed by atoms with Crippen molar-refractivity contribution in [2.75, 3.05) is 18.0 Å². The maximum absolute atomic E-state index is 14.9. The Bertz CT molecular complexity index is 1300. The number of carbonyl (C=O) groups excluding carboxylic acids is 1. The van der Waals surface area contributed by atoms with Gasteiger partial charge in [-0.3, -0.25) is 4.79 Å². The van der Waals surface area contributed by atoms with Crippen molar-refractivity contribution in [3.8, 4) is 11.4 Å². The zero-order valence-corrected chi connectivity index (χ0v) is 19.8. The Morgan fingerprint density at radius 2 is 1.81 bits per heavy atom. The van der Waals surface area contributed by atoms with Gasteiger partial charge in [-0.1, -0.05) is 6.07 Å². The van der Waals surface area contributed by atoms with Crippen molar-refractivity contribution >= 4 is 11.7 Å². The molecule has 3 aliphatic rings. The van der Waals surface area contributed by atoms with E-state index < -0.39 is 17.7 Å². The molecule has 3 atom stereocenters. The highest BCUT2D eigenvalue weighted by Crippen LogP contribution is 2.44. The third kappa shape index (κ3) is 4.51. The molecular weight excluding hydrogens is 488 g/mol. The Balaban J connectivity index is 1.30. The lowest BCUT2D eigenvalue weighted by Gasteiger charge is -2.41. The molecule has 2 aliphatic carbocycles. The number of halogens is 4. The number of aromatic nitrogens is 4. The van der Waals surface area contributed by atoms with Crippen molar-refractivity contribution in [3.05, 3.63) is 66.1 Å². The Labute approximate surface area is 210 Å².